The van der Waals surface area contributed by atoms with Crippen molar-refractivity contribution in [2.45, 2.75) is 27.7 Å². The van der Waals surface area contributed by atoms with Crippen molar-refractivity contribution in [2.75, 3.05) is 24.2 Å². The number of hydrogen-bond donors (Lipinski definition) is 3. The van der Waals surface area contributed by atoms with Gasteiger partial charge in [0.05, 0.1) is 6.54 Å². The molecule has 118 valence electrons. The van der Waals surface area contributed by atoms with Crippen LogP contribution in [0.4, 0.5) is 11.4 Å². The summed E-state index contributed by atoms with van der Waals surface area (Å²) in [5.74, 6) is -0.177. The van der Waals surface area contributed by atoms with Gasteiger partial charge in [-0.15, -0.1) is 12.4 Å². The summed E-state index contributed by atoms with van der Waals surface area (Å²) in [6, 6.07) is 5.46. The number of anilines is 2. The monoisotopic (exact) mass is 313 g/mol. The molecule has 0 aliphatic heterocycles. The average molecular weight is 314 g/mol. The minimum Gasteiger partial charge on any atom is -0.326 e. The second kappa shape index (κ2) is 8.00. The number of likely N-dealkylation sites (N-methyl/N-ethyl adjacent to an activating group) is 1. The first kappa shape index (κ1) is 19.4. The third-order valence-electron chi connectivity index (χ3n) is 2.79. The minimum absolute atomic E-state index is 0. The fourth-order valence-electron chi connectivity index (χ4n) is 1.51. The van der Waals surface area contributed by atoms with Gasteiger partial charge in [-0.2, -0.15) is 0 Å². The maximum Gasteiger partial charge on any atom is 0.238 e. The maximum absolute atomic E-state index is 11.9. The molecule has 1 aromatic rings. The number of amides is 2. The Kier molecular flexibility index (Phi) is 7.39. The average Bonchev–Trinajstić information content (AvgIpc) is 2.32. The summed E-state index contributed by atoms with van der Waals surface area (Å²) in [5.41, 5.74) is 1.87. The lowest BCUT2D eigenvalue weighted by molar-refractivity contribution is -0.123. The maximum atomic E-state index is 11.9. The van der Waals surface area contributed by atoms with Crippen molar-refractivity contribution in [3.63, 3.8) is 0 Å². The van der Waals surface area contributed by atoms with Gasteiger partial charge >= 0.3 is 0 Å². The highest BCUT2D eigenvalue weighted by molar-refractivity contribution is 5.97. The van der Waals surface area contributed by atoms with Crippen molar-refractivity contribution >= 4 is 35.6 Å². The smallest absolute Gasteiger partial charge is 0.238 e. The van der Waals surface area contributed by atoms with E-state index in [0.29, 0.717) is 11.4 Å². The molecule has 1 rings (SSSR count). The van der Waals surface area contributed by atoms with Gasteiger partial charge in [-0.05, 0) is 31.7 Å². The van der Waals surface area contributed by atoms with Gasteiger partial charge in [-0.25, -0.2) is 0 Å². The Hall–Kier alpha value is -1.59. The Morgan fingerprint density at radius 3 is 2.29 bits per heavy atom. The number of benzene rings is 1. The second-order valence-corrected chi connectivity index (χ2v) is 5.81. The Balaban J connectivity index is 0.00000400. The van der Waals surface area contributed by atoms with E-state index in [9.17, 15) is 9.59 Å². The van der Waals surface area contributed by atoms with E-state index in [1.165, 1.54) is 0 Å². The highest BCUT2D eigenvalue weighted by atomic mass is 35.5. The van der Waals surface area contributed by atoms with Crippen LogP contribution in [-0.2, 0) is 9.59 Å². The van der Waals surface area contributed by atoms with E-state index in [2.05, 4.69) is 16.0 Å². The number of rotatable bonds is 4. The lowest BCUT2D eigenvalue weighted by Crippen LogP contribution is -2.28. The molecule has 0 aliphatic carbocycles. The molecule has 3 N–H and O–H groups in total. The highest BCUT2D eigenvalue weighted by Gasteiger charge is 2.21. The van der Waals surface area contributed by atoms with E-state index in [4.69, 9.17) is 0 Å². The fourth-order valence-corrected chi connectivity index (χ4v) is 1.51. The molecule has 0 heterocycles. The van der Waals surface area contributed by atoms with Gasteiger partial charge in [0.25, 0.3) is 0 Å². The van der Waals surface area contributed by atoms with E-state index in [0.717, 1.165) is 5.56 Å². The zero-order chi connectivity index (χ0) is 15.3. The molecule has 0 bridgehead atoms. The van der Waals surface area contributed by atoms with E-state index in [1.807, 2.05) is 39.8 Å². The van der Waals surface area contributed by atoms with Crippen LogP contribution >= 0.6 is 12.4 Å². The number of carbonyl (C=O) groups is 2. The van der Waals surface area contributed by atoms with Crippen LogP contribution in [-0.4, -0.2) is 25.4 Å². The van der Waals surface area contributed by atoms with Gasteiger partial charge in [-0.3, -0.25) is 9.59 Å². The second-order valence-electron chi connectivity index (χ2n) is 5.81. The first-order valence-corrected chi connectivity index (χ1v) is 6.60. The molecule has 0 saturated carbocycles. The summed E-state index contributed by atoms with van der Waals surface area (Å²) in [6.07, 6.45) is 0. The molecule has 0 unspecified atom stereocenters. The number of carbonyl (C=O) groups excluding carboxylic acids is 2. The van der Waals surface area contributed by atoms with Gasteiger partial charge < -0.3 is 16.0 Å². The van der Waals surface area contributed by atoms with Crippen molar-refractivity contribution in [3.05, 3.63) is 23.8 Å². The zero-order valence-electron chi connectivity index (χ0n) is 13.2. The normalized spacial score (nSPS) is 10.5. The van der Waals surface area contributed by atoms with Crippen LogP contribution in [0, 0.1) is 12.3 Å². The van der Waals surface area contributed by atoms with E-state index >= 15 is 0 Å². The fraction of sp³-hybridized carbons (Fsp3) is 0.467. The number of aryl methyl sites for hydroxylation is 1. The van der Waals surface area contributed by atoms with Crippen molar-refractivity contribution in [2.24, 2.45) is 5.41 Å². The zero-order valence-corrected chi connectivity index (χ0v) is 14.0. The first-order chi connectivity index (χ1) is 9.24. The molecule has 6 heteroatoms. The molecule has 0 radical (unpaired) electrons. The molecule has 5 nitrogen and oxygen atoms in total. The standard InChI is InChI=1S/C15H23N3O2.ClH/c1-10-6-7-11(17-14(20)15(2,3)4)8-12(10)18-13(19)9-16-5;/h6-8,16H,9H2,1-5H3,(H,17,20)(H,18,19);1H. The molecule has 1 aromatic carbocycles. The molecule has 21 heavy (non-hydrogen) atoms. The van der Waals surface area contributed by atoms with Gasteiger partial charge in [0.2, 0.25) is 11.8 Å². The van der Waals surface area contributed by atoms with Crippen LogP contribution in [0.5, 0.6) is 0 Å². The van der Waals surface area contributed by atoms with Crippen molar-refractivity contribution < 1.29 is 9.59 Å². The molecule has 2 amide bonds. The lowest BCUT2D eigenvalue weighted by atomic mass is 9.95. The van der Waals surface area contributed by atoms with Crippen LogP contribution in [0.3, 0.4) is 0 Å². The Labute approximate surface area is 132 Å². The van der Waals surface area contributed by atoms with Crippen LogP contribution in [0.2, 0.25) is 0 Å². The SMILES string of the molecule is CNCC(=O)Nc1cc(NC(=O)C(C)(C)C)ccc1C.Cl. The summed E-state index contributed by atoms with van der Waals surface area (Å²) < 4.78 is 0. The summed E-state index contributed by atoms with van der Waals surface area (Å²) in [4.78, 5) is 23.5. The largest absolute Gasteiger partial charge is 0.326 e. The number of hydrogen-bond acceptors (Lipinski definition) is 3. The molecule has 0 aromatic heterocycles. The molecular weight excluding hydrogens is 290 g/mol. The van der Waals surface area contributed by atoms with Crippen LogP contribution in [0.15, 0.2) is 18.2 Å². The molecule has 0 aliphatic rings. The van der Waals surface area contributed by atoms with Crippen molar-refractivity contribution in [1.82, 2.24) is 5.32 Å². The molecule has 0 saturated heterocycles. The van der Waals surface area contributed by atoms with Crippen molar-refractivity contribution in [1.29, 1.82) is 0 Å². The Morgan fingerprint density at radius 1 is 1.14 bits per heavy atom. The van der Waals surface area contributed by atoms with Crippen LogP contribution in [0.1, 0.15) is 26.3 Å². The third kappa shape index (κ3) is 6.14. The summed E-state index contributed by atoms with van der Waals surface area (Å²) in [5, 5.41) is 8.45. The lowest BCUT2D eigenvalue weighted by Gasteiger charge is -2.18. The van der Waals surface area contributed by atoms with E-state index in [-0.39, 0.29) is 30.8 Å². The minimum atomic E-state index is -0.458. The molecule has 0 spiro atoms. The van der Waals surface area contributed by atoms with E-state index in [1.54, 1.807) is 13.1 Å². The summed E-state index contributed by atoms with van der Waals surface area (Å²) >= 11 is 0. The molecule has 0 atom stereocenters. The first-order valence-electron chi connectivity index (χ1n) is 6.60. The predicted octanol–water partition coefficient (Wildman–Crippen LogP) is 2.56. The van der Waals surface area contributed by atoms with Gasteiger partial charge in [0.1, 0.15) is 0 Å². The van der Waals surface area contributed by atoms with Gasteiger partial charge in [-0.1, -0.05) is 26.8 Å². The van der Waals surface area contributed by atoms with Crippen LogP contribution in [0.25, 0.3) is 0 Å². The third-order valence-corrected chi connectivity index (χ3v) is 2.79. The summed E-state index contributed by atoms with van der Waals surface area (Å²) in [6.45, 7) is 7.72. The van der Waals surface area contributed by atoms with Crippen LogP contribution < -0.4 is 16.0 Å². The van der Waals surface area contributed by atoms with Gasteiger partial charge in [0, 0.05) is 16.8 Å². The predicted molar refractivity (Wildman–Crippen MR) is 89.1 cm³/mol. The number of nitrogens with one attached hydrogen (secondary N) is 3. The number of halogens is 1. The molecule has 0 fully saturated rings. The van der Waals surface area contributed by atoms with E-state index < -0.39 is 5.41 Å². The Bertz CT molecular complexity index is 510. The quantitative estimate of drug-likeness (QED) is 0.800. The van der Waals surface area contributed by atoms with Gasteiger partial charge in [0.15, 0.2) is 0 Å². The van der Waals surface area contributed by atoms with Crippen molar-refractivity contribution in [3.8, 4) is 0 Å². The molecular formula is C15H24ClN3O2. The topological polar surface area (TPSA) is 70.2 Å². The Morgan fingerprint density at radius 2 is 1.76 bits per heavy atom. The highest BCUT2D eigenvalue weighted by Crippen LogP contribution is 2.22. The summed E-state index contributed by atoms with van der Waals surface area (Å²) in [7, 11) is 1.71.